The first-order valence-corrected chi connectivity index (χ1v) is 8.68. The zero-order valence-electron chi connectivity index (χ0n) is 14.3. The lowest BCUT2D eigenvalue weighted by Gasteiger charge is -2.27. The number of hydrogen-bond donors (Lipinski definition) is 1. The zero-order valence-corrected chi connectivity index (χ0v) is 14.3. The summed E-state index contributed by atoms with van der Waals surface area (Å²) in [6, 6.07) is 9.92. The molecule has 1 heterocycles. The van der Waals surface area contributed by atoms with Crippen LogP contribution in [0.15, 0.2) is 30.3 Å². The van der Waals surface area contributed by atoms with Gasteiger partial charge in [-0.05, 0) is 37.7 Å². The Labute approximate surface area is 139 Å². The summed E-state index contributed by atoms with van der Waals surface area (Å²) < 4.78 is 0. The topological polar surface area (TPSA) is 49.4 Å². The van der Waals surface area contributed by atoms with Crippen LogP contribution in [0.4, 0.5) is 0 Å². The van der Waals surface area contributed by atoms with E-state index in [0.717, 1.165) is 31.5 Å². The number of nitrogens with zero attached hydrogens (tertiary/aromatic N) is 1. The zero-order chi connectivity index (χ0) is 16.7. The Morgan fingerprint density at radius 2 is 1.70 bits per heavy atom. The summed E-state index contributed by atoms with van der Waals surface area (Å²) in [5.74, 6) is 0.286. The van der Waals surface area contributed by atoms with E-state index in [4.69, 9.17) is 0 Å². The van der Waals surface area contributed by atoms with E-state index < -0.39 is 0 Å². The molecule has 1 aromatic carbocycles. The van der Waals surface area contributed by atoms with Crippen LogP contribution in [-0.2, 0) is 9.59 Å². The van der Waals surface area contributed by atoms with Crippen molar-refractivity contribution in [1.82, 2.24) is 10.2 Å². The van der Waals surface area contributed by atoms with Crippen LogP contribution in [0.25, 0.3) is 0 Å². The first-order chi connectivity index (χ1) is 11.1. The van der Waals surface area contributed by atoms with Gasteiger partial charge >= 0.3 is 0 Å². The number of carbonyl (C=O) groups excluding carboxylic acids is 2. The van der Waals surface area contributed by atoms with Crippen molar-refractivity contribution in [1.29, 1.82) is 0 Å². The first kappa shape index (κ1) is 17.5. The van der Waals surface area contributed by atoms with Crippen LogP contribution in [0.2, 0.25) is 0 Å². The Morgan fingerprint density at radius 3 is 2.35 bits per heavy atom. The molecule has 0 radical (unpaired) electrons. The number of piperidine rings is 1. The highest BCUT2D eigenvalue weighted by molar-refractivity contribution is 5.79. The van der Waals surface area contributed by atoms with E-state index in [2.05, 4.69) is 5.32 Å². The molecule has 1 N–H and O–H groups in total. The highest BCUT2D eigenvalue weighted by Crippen LogP contribution is 2.16. The van der Waals surface area contributed by atoms with Crippen LogP contribution >= 0.6 is 0 Å². The molecule has 0 spiro atoms. The maximum atomic E-state index is 12.2. The summed E-state index contributed by atoms with van der Waals surface area (Å²) >= 11 is 0. The molecule has 0 bridgehead atoms. The molecule has 126 valence electrons. The van der Waals surface area contributed by atoms with E-state index >= 15 is 0 Å². The molecule has 2 rings (SSSR count). The fourth-order valence-corrected chi connectivity index (χ4v) is 3.08. The average molecular weight is 316 g/mol. The van der Waals surface area contributed by atoms with Crippen molar-refractivity contribution in [2.45, 2.75) is 52.0 Å². The highest BCUT2D eigenvalue weighted by Gasteiger charge is 2.20. The van der Waals surface area contributed by atoms with Gasteiger partial charge < -0.3 is 10.2 Å². The minimum atomic E-state index is -0.00584. The fourth-order valence-electron chi connectivity index (χ4n) is 3.08. The van der Waals surface area contributed by atoms with Gasteiger partial charge in [-0.2, -0.15) is 0 Å². The Balaban J connectivity index is 1.74. The monoisotopic (exact) mass is 316 g/mol. The lowest BCUT2D eigenvalue weighted by Crippen LogP contribution is -2.37. The number of hydrogen-bond acceptors (Lipinski definition) is 2. The van der Waals surface area contributed by atoms with Gasteiger partial charge in [0.15, 0.2) is 0 Å². The summed E-state index contributed by atoms with van der Waals surface area (Å²) in [5, 5.41) is 3.02. The van der Waals surface area contributed by atoms with Crippen molar-refractivity contribution in [3.05, 3.63) is 35.9 Å². The molecule has 2 unspecified atom stereocenters. The van der Waals surface area contributed by atoms with Crippen LogP contribution in [0.5, 0.6) is 0 Å². The largest absolute Gasteiger partial charge is 0.350 e. The predicted molar refractivity (Wildman–Crippen MR) is 91.8 cm³/mol. The number of rotatable bonds is 6. The summed E-state index contributed by atoms with van der Waals surface area (Å²) in [4.78, 5) is 26.3. The molecule has 0 aliphatic carbocycles. The van der Waals surface area contributed by atoms with Gasteiger partial charge in [0.2, 0.25) is 11.8 Å². The maximum absolute atomic E-state index is 12.2. The van der Waals surface area contributed by atoms with E-state index in [9.17, 15) is 9.59 Å². The Kier molecular flexibility index (Phi) is 6.63. The first-order valence-electron chi connectivity index (χ1n) is 8.68. The van der Waals surface area contributed by atoms with Gasteiger partial charge in [0.1, 0.15) is 0 Å². The number of carbonyl (C=O) groups is 2. The van der Waals surface area contributed by atoms with Crippen LogP contribution in [0.3, 0.4) is 0 Å². The number of amides is 2. The quantitative estimate of drug-likeness (QED) is 0.875. The number of nitrogens with one attached hydrogen (secondary N) is 1. The lowest BCUT2D eigenvalue weighted by molar-refractivity contribution is -0.133. The molecule has 1 aliphatic heterocycles. The van der Waals surface area contributed by atoms with Gasteiger partial charge in [-0.15, -0.1) is 0 Å². The third-order valence-corrected chi connectivity index (χ3v) is 4.44. The maximum Gasteiger partial charge on any atom is 0.222 e. The van der Waals surface area contributed by atoms with Crippen molar-refractivity contribution in [2.75, 3.05) is 13.1 Å². The van der Waals surface area contributed by atoms with Gasteiger partial charge in [-0.3, -0.25) is 9.59 Å². The minimum absolute atomic E-state index is 0.00584. The normalized spacial score (nSPS) is 17.4. The Bertz CT molecular complexity index is 509. The van der Waals surface area contributed by atoms with E-state index in [1.165, 1.54) is 6.42 Å². The summed E-state index contributed by atoms with van der Waals surface area (Å²) in [6.45, 7) is 5.72. The second-order valence-corrected chi connectivity index (χ2v) is 6.65. The van der Waals surface area contributed by atoms with Gasteiger partial charge in [0.25, 0.3) is 0 Å². The van der Waals surface area contributed by atoms with E-state index in [1.807, 2.05) is 49.1 Å². The molecule has 1 aromatic rings. The molecule has 0 aromatic heterocycles. The van der Waals surface area contributed by atoms with E-state index in [0.29, 0.717) is 12.8 Å². The van der Waals surface area contributed by atoms with Crippen molar-refractivity contribution in [3.63, 3.8) is 0 Å². The van der Waals surface area contributed by atoms with Crippen molar-refractivity contribution < 1.29 is 9.59 Å². The smallest absolute Gasteiger partial charge is 0.222 e. The van der Waals surface area contributed by atoms with Crippen molar-refractivity contribution >= 4 is 11.8 Å². The van der Waals surface area contributed by atoms with Crippen LogP contribution < -0.4 is 5.32 Å². The fraction of sp³-hybridized carbons (Fsp3) is 0.579. The molecule has 23 heavy (non-hydrogen) atoms. The van der Waals surface area contributed by atoms with Crippen LogP contribution in [0, 0.1) is 5.92 Å². The molecule has 1 saturated heterocycles. The average Bonchev–Trinajstić information content (AvgIpc) is 2.56. The van der Waals surface area contributed by atoms with Gasteiger partial charge in [-0.1, -0.05) is 37.3 Å². The molecule has 2 atom stereocenters. The third kappa shape index (κ3) is 5.70. The van der Waals surface area contributed by atoms with Crippen LogP contribution in [0.1, 0.15) is 57.6 Å². The second kappa shape index (κ2) is 8.70. The molecular formula is C19H28N2O2. The van der Waals surface area contributed by atoms with Crippen molar-refractivity contribution in [3.8, 4) is 0 Å². The Morgan fingerprint density at radius 1 is 1.04 bits per heavy atom. The third-order valence-electron chi connectivity index (χ3n) is 4.44. The molecule has 4 heteroatoms. The molecule has 2 amide bonds. The standard InChI is InChI=1S/C19H28N2O2/c1-15(14-19(23)21-11-7-4-8-12-21)13-18(22)20-16(2)17-9-5-3-6-10-17/h3,5-6,9-10,15-16H,4,7-8,11-14H2,1-2H3,(H,20,22). The predicted octanol–water partition coefficient (Wildman–Crippen LogP) is 3.29. The molecule has 1 fully saturated rings. The minimum Gasteiger partial charge on any atom is -0.350 e. The van der Waals surface area contributed by atoms with Crippen LogP contribution in [-0.4, -0.2) is 29.8 Å². The van der Waals surface area contributed by atoms with E-state index in [1.54, 1.807) is 0 Å². The summed E-state index contributed by atoms with van der Waals surface area (Å²) in [7, 11) is 0. The molecule has 0 saturated carbocycles. The molecule has 4 nitrogen and oxygen atoms in total. The van der Waals surface area contributed by atoms with Gasteiger partial charge in [-0.25, -0.2) is 0 Å². The Hall–Kier alpha value is -1.84. The second-order valence-electron chi connectivity index (χ2n) is 6.65. The number of benzene rings is 1. The molecule has 1 aliphatic rings. The number of likely N-dealkylation sites (tertiary alicyclic amines) is 1. The van der Waals surface area contributed by atoms with Gasteiger partial charge in [0, 0.05) is 25.9 Å². The molecular weight excluding hydrogens is 288 g/mol. The SMILES string of the molecule is CC(CC(=O)NC(C)c1ccccc1)CC(=O)N1CCCCC1. The van der Waals surface area contributed by atoms with Gasteiger partial charge in [0.05, 0.1) is 6.04 Å². The van der Waals surface area contributed by atoms with E-state index in [-0.39, 0.29) is 23.8 Å². The lowest BCUT2D eigenvalue weighted by atomic mass is 10.0. The summed E-state index contributed by atoms with van der Waals surface area (Å²) in [6.07, 6.45) is 4.30. The summed E-state index contributed by atoms with van der Waals surface area (Å²) in [5.41, 5.74) is 1.10. The highest BCUT2D eigenvalue weighted by atomic mass is 16.2. The van der Waals surface area contributed by atoms with Crippen molar-refractivity contribution in [2.24, 2.45) is 5.92 Å².